The van der Waals surface area contributed by atoms with Crippen LogP contribution in [0.1, 0.15) is 42.6 Å². The Morgan fingerprint density at radius 3 is 2.67 bits per heavy atom. The summed E-state index contributed by atoms with van der Waals surface area (Å²) in [6.07, 6.45) is 2.26. The van der Waals surface area contributed by atoms with Crippen molar-refractivity contribution < 1.29 is 4.39 Å². The van der Waals surface area contributed by atoms with Gasteiger partial charge in [0.1, 0.15) is 17.5 Å². The van der Waals surface area contributed by atoms with E-state index in [2.05, 4.69) is 15.3 Å². The van der Waals surface area contributed by atoms with Gasteiger partial charge in [0.05, 0.1) is 5.69 Å². The second-order valence-electron chi connectivity index (χ2n) is 5.69. The molecule has 0 amide bonds. The molecule has 0 unspecified atom stereocenters. The highest BCUT2D eigenvalue weighted by molar-refractivity contribution is 5.69. The molecule has 1 fully saturated rings. The summed E-state index contributed by atoms with van der Waals surface area (Å²) in [6, 6.07) is 5.15. The van der Waals surface area contributed by atoms with Crippen molar-refractivity contribution in [1.29, 1.82) is 0 Å². The summed E-state index contributed by atoms with van der Waals surface area (Å²) in [5.74, 6) is 1.87. The van der Waals surface area contributed by atoms with E-state index in [1.54, 1.807) is 6.07 Å². The molecule has 110 valence electrons. The van der Waals surface area contributed by atoms with Crippen LogP contribution in [0.3, 0.4) is 0 Å². The van der Waals surface area contributed by atoms with E-state index < -0.39 is 0 Å². The summed E-state index contributed by atoms with van der Waals surface area (Å²) in [5, 5.41) is 3.27. The Bertz CT molecular complexity index is 678. The third-order valence-corrected chi connectivity index (χ3v) is 3.83. The molecule has 1 aromatic carbocycles. The molecule has 2 aromatic rings. The lowest BCUT2D eigenvalue weighted by molar-refractivity contribution is 0.630. The van der Waals surface area contributed by atoms with E-state index in [1.807, 2.05) is 26.8 Å². The van der Waals surface area contributed by atoms with E-state index in [0.29, 0.717) is 17.2 Å². The SMILES string of the molecule is CCNc1nc(C2CC2)nc(-c2cc(C)ccc2F)c1C. The Labute approximate surface area is 124 Å². The summed E-state index contributed by atoms with van der Waals surface area (Å²) >= 11 is 0. The first-order chi connectivity index (χ1) is 10.1. The molecule has 1 aliphatic carbocycles. The minimum absolute atomic E-state index is 0.230. The standard InChI is InChI=1S/C17H20FN3/c1-4-19-16-11(3)15(20-17(21-16)12-6-7-12)13-9-10(2)5-8-14(13)18/h5,8-9,12H,4,6-7H2,1-3H3,(H,19,20,21). The normalized spacial score (nSPS) is 14.3. The highest BCUT2D eigenvalue weighted by atomic mass is 19.1. The maximum absolute atomic E-state index is 14.2. The fourth-order valence-corrected chi connectivity index (χ4v) is 2.48. The molecule has 1 heterocycles. The molecule has 1 saturated carbocycles. The average molecular weight is 285 g/mol. The molecular formula is C17H20FN3. The predicted molar refractivity (Wildman–Crippen MR) is 83.0 cm³/mol. The van der Waals surface area contributed by atoms with E-state index in [4.69, 9.17) is 0 Å². The van der Waals surface area contributed by atoms with Crippen molar-refractivity contribution in [3.63, 3.8) is 0 Å². The van der Waals surface area contributed by atoms with E-state index in [1.165, 1.54) is 6.07 Å². The second-order valence-corrected chi connectivity index (χ2v) is 5.69. The van der Waals surface area contributed by atoms with Crippen LogP contribution in [0.2, 0.25) is 0 Å². The highest BCUT2D eigenvalue weighted by Gasteiger charge is 2.28. The van der Waals surface area contributed by atoms with Crippen molar-refractivity contribution in [2.45, 2.75) is 39.5 Å². The van der Waals surface area contributed by atoms with Crippen LogP contribution in [0.15, 0.2) is 18.2 Å². The minimum Gasteiger partial charge on any atom is -0.370 e. The van der Waals surface area contributed by atoms with Crippen molar-refractivity contribution in [1.82, 2.24) is 9.97 Å². The molecule has 4 heteroatoms. The molecule has 0 bridgehead atoms. The zero-order chi connectivity index (χ0) is 15.0. The summed E-state index contributed by atoms with van der Waals surface area (Å²) in [4.78, 5) is 9.28. The molecule has 21 heavy (non-hydrogen) atoms. The fourth-order valence-electron chi connectivity index (χ4n) is 2.48. The van der Waals surface area contributed by atoms with Gasteiger partial charge in [-0.3, -0.25) is 0 Å². The average Bonchev–Trinajstić information content (AvgIpc) is 3.29. The zero-order valence-electron chi connectivity index (χ0n) is 12.7. The molecule has 1 aliphatic rings. The van der Waals surface area contributed by atoms with Crippen molar-refractivity contribution in [2.75, 3.05) is 11.9 Å². The number of aromatic nitrogens is 2. The zero-order valence-corrected chi connectivity index (χ0v) is 12.7. The van der Waals surface area contributed by atoms with Crippen LogP contribution >= 0.6 is 0 Å². The molecule has 3 rings (SSSR count). The smallest absolute Gasteiger partial charge is 0.134 e. The minimum atomic E-state index is -0.230. The van der Waals surface area contributed by atoms with E-state index in [-0.39, 0.29) is 5.82 Å². The van der Waals surface area contributed by atoms with Gasteiger partial charge in [-0.2, -0.15) is 0 Å². The molecule has 0 atom stereocenters. The molecule has 0 aliphatic heterocycles. The molecule has 0 radical (unpaired) electrons. The summed E-state index contributed by atoms with van der Waals surface area (Å²) < 4.78 is 14.2. The van der Waals surface area contributed by atoms with Gasteiger partial charge in [0, 0.05) is 23.6 Å². The number of halogens is 1. The lowest BCUT2D eigenvalue weighted by atomic mass is 10.0. The number of nitrogens with one attached hydrogen (secondary N) is 1. The maximum atomic E-state index is 14.2. The number of hydrogen-bond donors (Lipinski definition) is 1. The van der Waals surface area contributed by atoms with Crippen LogP contribution in [0.5, 0.6) is 0 Å². The first-order valence-electron chi connectivity index (χ1n) is 7.49. The van der Waals surface area contributed by atoms with Crippen LogP contribution in [0.4, 0.5) is 10.2 Å². The number of anilines is 1. The van der Waals surface area contributed by atoms with Gasteiger partial charge in [-0.1, -0.05) is 11.6 Å². The van der Waals surface area contributed by atoms with Crippen LogP contribution in [0, 0.1) is 19.7 Å². The van der Waals surface area contributed by atoms with Crippen LogP contribution in [-0.4, -0.2) is 16.5 Å². The van der Waals surface area contributed by atoms with Gasteiger partial charge in [0.15, 0.2) is 0 Å². The first-order valence-corrected chi connectivity index (χ1v) is 7.49. The molecular weight excluding hydrogens is 265 g/mol. The van der Waals surface area contributed by atoms with Gasteiger partial charge in [-0.15, -0.1) is 0 Å². The first kappa shape index (κ1) is 14.0. The lowest BCUT2D eigenvalue weighted by Gasteiger charge is -2.14. The largest absolute Gasteiger partial charge is 0.370 e. The molecule has 0 spiro atoms. The van der Waals surface area contributed by atoms with Gasteiger partial charge < -0.3 is 5.32 Å². The number of rotatable bonds is 4. The van der Waals surface area contributed by atoms with Gasteiger partial charge >= 0.3 is 0 Å². The Morgan fingerprint density at radius 2 is 2.00 bits per heavy atom. The van der Waals surface area contributed by atoms with Crippen molar-refractivity contribution >= 4 is 5.82 Å². The second kappa shape index (κ2) is 5.43. The van der Waals surface area contributed by atoms with Gasteiger partial charge in [0.25, 0.3) is 0 Å². The number of aryl methyl sites for hydroxylation is 1. The van der Waals surface area contributed by atoms with Crippen LogP contribution in [-0.2, 0) is 0 Å². The Morgan fingerprint density at radius 1 is 1.24 bits per heavy atom. The number of nitrogens with zero attached hydrogens (tertiary/aromatic N) is 2. The van der Waals surface area contributed by atoms with Crippen molar-refractivity contribution in [2.24, 2.45) is 0 Å². The Kier molecular flexibility index (Phi) is 3.62. The fraction of sp³-hybridized carbons (Fsp3) is 0.412. The van der Waals surface area contributed by atoms with E-state index in [0.717, 1.165) is 42.2 Å². The number of benzene rings is 1. The lowest BCUT2D eigenvalue weighted by Crippen LogP contribution is -2.08. The van der Waals surface area contributed by atoms with Crippen LogP contribution in [0.25, 0.3) is 11.3 Å². The van der Waals surface area contributed by atoms with Gasteiger partial charge in [-0.25, -0.2) is 14.4 Å². The quantitative estimate of drug-likeness (QED) is 0.914. The third kappa shape index (κ3) is 2.75. The van der Waals surface area contributed by atoms with E-state index >= 15 is 0 Å². The molecule has 1 N–H and O–H groups in total. The molecule has 3 nitrogen and oxygen atoms in total. The summed E-state index contributed by atoms with van der Waals surface area (Å²) in [6.45, 7) is 6.74. The molecule has 1 aromatic heterocycles. The Hall–Kier alpha value is -1.97. The van der Waals surface area contributed by atoms with Gasteiger partial charge in [-0.05, 0) is 45.7 Å². The van der Waals surface area contributed by atoms with Gasteiger partial charge in [0.2, 0.25) is 0 Å². The topological polar surface area (TPSA) is 37.8 Å². The highest BCUT2D eigenvalue weighted by Crippen LogP contribution is 2.40. The summed E-state index contributed by atoms with van der Waals surface area (Å²) in [5.41, 5.74) is 3.22. The Balaban J connectivity index is 2.17. The summed E-state index contributed by atoms with van der Waals surface area (Å²) in [7, 11) is 0. The van der Waals surface area contributed by atoms with E-state index in [9.17, 15) is 4.39 Å². The number of hydrogen-bond acceptors (Lipinski definition) is 3. The van der Waals surface area contributed by atoms with Crippen molar-refractivity contribution in [3.8, 4) is 11.3 Å². The molecule has 0 saturated heterocycles. The monoisotopic (exact) mass is 285 g/mol. The maximum Gasteiger partial charge on any atom is 0.134 e. The van der Waals surface area contributed by atoms with Crippen molar-refractivity contribution in [3.05, 3.63) is 41.0 Å². The third-order valence-electron chi connectivity index (χ3n) is 3.83. The predicted octanol–water partition coefficient (Wildman–Crippen LogP) is 4.21. The van der Waals surface area contributed by atoms with Crippen LogP contribution < -0.4 is 5.32 Å².